The van der Waals surface area contributed by atoms with Crippen LogP contribution in [0.15, 0.2) is 17.1 Å². The topological polar surface area (TPSA) is 37.8 Å². The van der Waals surface area contributed by atoms with E-state index in [0.29, 0.717) is 4.77 Å². The van der Waals surface area contributed by atoms with E-state index in [1.165, 1.54) is 16.5 Å². The third-order valence-electron chi connectivity index (χ3n) is 0.856. The summed E-state index contributed by atoms with van der Waals surface area (Å²) in [4.78, 5) is 13.3. The molecule has 0 saturated carbocycles. The van der Waals surface area contributed by atoms with Gasteiger partial charge in [0, 0.05) is 12.3 Å². The van der Waals surface area contributed by atoms with Gasteiger partial charge in [0.25, 0.3) is 0 Å². The maximum Gasteiger partial charge on any atom is 0.245 e. The molecule has 0 aliphatic rings. The minimum Gasteiger partial charge on any atom is -0.339 e. The van der Waals surface area contributed by atoms with E-state index in [2.05, 4.69) is 15.4 Å². The Bertz CT molecular complexity index is 287. The number of hydrogen-bond donors (Lipinski definition) is 1. The highest BCUT2D eigenvalue weighted by molar-refractivity contribution is 7.71. The molecule has 1 aromatic heterocycles. The molecule has 0 unspecified atom stereocenters. The summed E-state index contributed by atoms with van der Waals surface area (Å²) in [6.07, 6.45) is 1.50. The number of aromatic nitrogens is 2. The van der Waals surface area contributed by atoms with Crippen molar-refractivity contribution in [3.63, 3.8) is 0 Å². The summed E-state index contributed by atoms with van der Waals surface area (Å²) in [6.45, 7) is 0. The number of nitrogens with one attached hydrogen (secondary N) is 1. The van der Waals surface area contributed by atoms with Crippen LogP contribution in [0.1, 0.15) is 0 Å². The Morgan fingerprint density at radius 1 is 1.78 bits per heavy atom. The van der Waals surface area contributed by atoms with Crippen molar-refractivity contribution in [2.75, 3.05) is 0 Å². The summed E-state index contributed by atoms with van der Waals surface area (Å²) in [5.41, 5.74) is -0.171. The summed E-state index contributed by atoms with van der Waals surface area (Å²) in [5.74, 6) is 0. The third-order valence-corrected chi connectivity index (χ3v) is 1.76. The van der Waals surface area contributed by atoms with Gasteiger partial charge in [0.1, 0.15) is 0 Å². The van der Waals surface area contributed by atoms with E-state index >= 15 is 0 Å². The lowest BCUT2D eigenvalue weighted by molar-refractivity contribution is 1.01. The Morgan fingerprint density at radius 2 is 2.44 bits per heavy atom. The smallest absolute Gasteiger partial charge is 0.245 e. The average molecular weight is 155 g/mol. The second-order valence-corrected chi connectivity index (χ2v) is 2.29. The largest absolute Gasteiger partial charge is 0.339 e. The van der Waals surface area contributed by atoms with Gasteiger partial charge in [-0.15, -0.1) is 0 Å². The molecule has 0 fully saturated rings. The lowest BCUT2D eigenvalue weighted by Crippen LogP contribution is -2.17. The van der Waals surface area contributed by atoms with E-state index in [-0.39, 0.29) is 5.56 Å². The van der Waals surface area contributed by atoms with Gasteiger partial charge in [-0.25, -0.2) is 0 Å². The van der Waals surface area contributed by atoms with Gasteiger partial charge in [0.15, 0.2) is 4.77 Å². The molecule has 0 aliphatic heterocycles. The summed E-state index contributed by atoms with van der Waals surface area (Å²) >= 11 is 4.70. The van der Waals surface area contributed by atoms with Gasteiger partial charge in [-0.05, 0) is 12.2 Å². The fourth-order valence-corrected chi connectivity index (χ4v) is 0.721. The van der Waals surface area contributed by atoms with Crippen molar-refractivity contribution < 1.29 is 0 Å². The molecule has 3 nitrogen and oxygen atoms in total. The molecule has 0 aliphatic carbocycles. The van der Waals surface area contributed by atoms with Gasteiger partial charge in [-0.3, -0.25) is 4.79 Å². The quantitative estimate of drug-likeness (QED) is 0.417. The Kier molecular flexibility index (Phi) is 1.63. The molecule has 45 valence electrons. The number of aromatic amines is 1. The lowest BCUT2D eigenvalue weighted by Gasteiger charge is -1.91. The Balaban J connectivity index is 3.62. The molecule has 1 heterocycles. The molecule has 0 spiro atoms. The molecule has 1 rings (SSSR count). The highest BCUT2D eigenvalue weighted by atomic mass is 32.1. The van der Waals surface area contributed by atoms with E-state index in [9.17, 15) is 4.79 Å². The van der Waals surface area contributed by atoms with Crippen LogP contribution in [0.3, 0.4) is 0 Å². The Labute approximate surface area is 59.9 Å². The third kappa shape index (κ3) is 1.17. The van der Waals surface area contributed by atoms with Gasteiger partial charge in [0.2, 0.25) is 16.0 Å². The monoisotopic (exact) mass is 155 g/mol. The van der Waals surface area contributed by atoms with Crippen molar-refractivity contribution in [2.24, 2.45) is 0 Å². The van der Waals surface area contributed by atoms with Crippen molar-refractivity contribution in [2.45, 2.75) is 0 Å². The standard InChI is InChI=1S/C4H3N2OSSi/c7-3-1-2-5-4(8)6(3)9/h1-2H,(H,5,8). The molecule has 9 heavy (non-hydrogen) atoms. The fraction of sp³-hybridized carbons (Fsp3) is 0. The first-order chi connectivity index (χ1) is 4.22. The van der Waals surface area contributed by atoms with Gasteiger partial charge in [0.05, 0.1) is 0 Å². The minimum atomic E-state index is -0.171. The van der Waals surface area contributed by atoms with Crippen LogP contribution < -0.4 is 5.56 Å². The predicted molar refractivity (Wildman–Crippen MR) is 37.0 cm³/mol. The minimum absolute atomic E-state index is 0.171. The van der Waals surface area contributed by atoms with E-state index in [1.54, 1.807) is 0 Å². The number of nitrogens with zero attached hydrogens (tertiary/aromatic N) is 1. The molecule has 1 aromatic rings. The van der Waals surface area contributed by atoms with Crippen LogP contribution in [-0.2, 0) is 0 Å². The van der Waals surface area contributed by atoms with Crippen LogP contribution in [0.2, 0.25) is 0 Å². The molecular formula is C4H3N2OSSi. The molecule has 0 saturated heterocycles. The number of hydrogen-bond acceptors (Lipinski definition) is 2. The second-order valence-electron chi connectivity index (χ2n) is 1.46. The fourth-order valence-electron chi connectivity index (χ4n) is 0.423. The Hall–Kier alpha value is -0.683. The van der Waals surface area contributed by atoms with E-state index in [0.717, 1.165) is 0 Å². The first-order valence-corrected chi connectivity index (χ1v) is 3.10. The SMILES string of the molecule is O=c1cc[nH]c(=S)n1[Si]. The van der Waals surface area contributed by atoms with Crippen molar-refractivity contribution in [3.05, 3.63) is 27.4 Å². The van der Waals surface area contributed by atoms with Crippen LogP contribution in [-0.4, -0.2) is 19.6 Å². The van der Waals surface area contributed by atoms with E-state index in [1.807, 2.05) is 0 Å². The van der Waals surface area contributed by atoms with E-state index < -0.39 is 0 Å². The molecule has 0 atom stereocenters. The molecule has 0 bridgehead atoms. The maximum atomic E-state index is 10.7. The zero-order valence-electron chi connectivity index (χ0n) is 4.42. The van der Waals surface area contributed by atoms with Crippen LogP contribution in [0.4, 0.5) is 0 Å². The zero-order chi connectivity index (χ0) is 6.85. The van der Waals surface area contributed by atoms with Crippen LogP contribution >= 0.6 is 12.2 Å². The zero-order valence-corrected chi connectivity index (χ0v) is 6.23. The van der Waals surface area contributed by atoms with Crippen molar-refractivity contribution in [3.8, 4) is 0 Å². The average Bonchev–Trinajstić information content (AvgIpc) is 1.83. The van der Waals surface area contributed by atoms with Gasteiger partial charge >= 0.3 is 0 Å². The summed E-state index contributed by atoms with van der Waals surface area (Å²) in [5, 5.41) is 0. The van der Waals surface area contributed by atoms with Crippen molar-refractivity contribution in [1.29, 1.82) is 0 Å². The Morgan fingerprint density at radius 3 is 2.89 bits per heavy atom. The molecule has 0 aromatic carbocycles. The molecule has 0 amide bonds. The molecule has 3 radical (unpaired) electrons. The first-order valence-electron chi connectivity index (χ1n) is 2.24. The van der Waals surface area contributed by atoms with Crippen molar-refractivity contribution >= 4 is 22.6 Å². The highest BCUT2D eigenvalue weighted by Crippen LogP contribution is 1.73. The molecular weight excluding hydrogens is 152 g/mol. The number of H-pyrrole nitrogens is 1. The first kappa shape index (κ1) is 6.44. The van der Waals surface area contributed by atoms with Gasteiger partial charge < -0.3 is 9.22 Å². The van der Waals surface area contributed by atoms with Gasteiger partial charge in [-0.2, -0.15) is 0 Å². The normalized spacial score (nSPS) is 9.44. The highest BCUT2D eigenvalue weighted by Gasteiger charge is 1.85. The summed E-state index contributed by atoms with van der Waals surface area (Å²) in [6, 6.07) is 1.38. The molecule has 5 heteroatoms. The van der Waals surface area contributed by atoms with Crippen LogP contribution in [0, 0.1) is 4.77 Å². The van der Waals surface area contributed by atoms with Gasteiger partial charge in [-0.1, -0.05) is 0 Å². The van der Waals surface area contributed by atoms with Crippen molar-refractivity contribution in [1.82, 2.24) is 9.22 Å². The predicted octanol–water partition coefficient (Wildman–Crippen LogP) is -0.163. The summed E-state index contributed by atoms with van der Waals surface area (Å²) < 4.78 is 1.54. The lowest BCUT2D eigenvalue weighted by atomic mass is 10.7. The summed E-state index contributed by atoms with van der Waals surface area (Å²) in [7, 11) is 3.00. The number of rotatable bonds is 0. The molecule has 1 N–H and O–H groups in total. The van der Waals surface area contributed by atoms with E-state index in [4.69, 9.17) is 12.2 Å². The van der Waals surface area contributed by atoms with Crippen LogP contribution in [0.25, 0.3) is 0 Å². The van der Waals surface area contributed by atoms with Crippen LogP contribution in [0.5, 0.6) is 0 Å². The second kappa shape index (κ2) is 2.28. The maximum absolute atomic E-state index is 10.7.